The Balaban J connectivity index is 1.94. The summed E-state index contributed by atoms with van der Waals surface area (Å²) in [6.07, 6.45) is 6.19. The van der Waals surface area contributed by atoms with Crippen LogP contribution in [0.1, 0.15) is 31.4 Å². The fourth-order valence-electron chi connectivity index (χ4n) is 2.16. The van der Waals surface area contributed by atoms with Crippen molar-refractivity contribution in [3.63, 3.8) is 0 Å². The quantitative estimate of drug-likeness (QED) is 0.886. The smallest absolute Gasteiger partial charge is 0.131 e. The minimum absolute atomic E-state index is 0.0772. The highest BCUT2D eigenvalue weighted by molar-refractivity contribution is 9.10. The van der Waals surface area contributed by atoms with Crippen LogP contribution in [0.15, 0.2) is 21.2 Å². The van der Waals surface area contributed by atoms with Crippen molar-refractivity contribution in [2.24, 2.45) is 0 Å². The van der Waals surface area contributed by atoms with Crippen molar-refractivity contribution in [1.29, 1.82) is 0 Å². The van der Waals surface area contributed by atoms with Crippen LogP contribution in [-0.2, 0) is 6.54 Å². The fourth-order valence-corrected chi connectivity index (χ4v) is 2.50. The summed E-state index contributed by atoms with van der Waals surface area (Å²) in [4.78, 5) is 0. The summed E-state index contributed by atoms with van der Waals surface area (Å²) in [5, 5.41) is 12.8. The molecule has 0 unspecified atom stereocenters. The first-order valence-corrected chi connectivity index (χ1v) is 6.13. The van der Waals surface area contributed by atoms with Crippen LogP contribution in [0.4, 0.5) is 0 Å². The van der Waals surface area contributed by atoms with Crippen molar-refractivity contribution in [2.75, 3.05) is 6.61 Å². The van der Waals surface area contributed by atoms with Gasteiger partial charge in [-0.3, -0.25) is 0 Å². The molecule has 15 heavy (non-hydrogen) atoms. The molecule has 0 radical (unpaired) electrons. The standard InChI is InChI=1S/C11H16BrNO2/c12-9-3-6-15-10(9)7-13-11(8-14)4-1-2-5-11/h3,6,13-14H,1-2,4-5,7-8H2. The summed E-state index contributed by atoms with van der Waals surface area (Å²) in [6.45, 7) is 0.888. The molecule has 0 spiro atoms. The highest BCUT2D eigenvalue weighted by Crippen LogP contribution is 2.30. The lowest BCUT2D eigenvalue weighted by molar-refractivity contribution is 0.160. The summed E-state index contributed by atoms with van der Waals surface area (Å²) in [5.74, 6) is 0.898. The molecular weight excluding hydrogens is 258 g/mol. The molecule has 0 saturated heterocycles. The van der Waals surface area contributed by atoms with Gasteiger partial charge in [0, 0.05) is 5.54 Å². The van der Waals surface area contributed by atoms with Crippen LogP contribution in [0.3, 0.4) is 0 Å². The predicted octanol–water partition coefficient (Wildman–Crippen LogP) is 2.44. The SMILES string of the molecule is OCC1(NCc2occc2Br)CCCC1. The van der Waals surface area contributed by atoms with Gasteiger partial charge in [0.1, 0.15) is 5.76 Å². The third kappa shape index (κ3) is 2.44. The second-order valence-corrected chi connectivity index (χ2v) is 5.05. The minimum Gasteiger partial charge on any atom is -0.467 e. The third-order valence-corrected chi connectivity index (χ3v) is 3.88. The number of hydrogen-bond donors (Lipinski definition) is 2. The van der Waals surface area contributed by atoms with E-state index in [9.17, 15) is 5.11 Å². The zero-order valence-corrected chi connectivity index (χ0v) is 10.2. The first kappa shape index (κ1) is 11.2. The summed E-state index contributed by atoms with van der Waals surface area (Å²) >= 11 is 3.42. The van der Waals surface area contributed by atoms with E-state index in [0.29, 0.717) is 6.54 Å². The van der Waals surface area contributed by atoms with Crippen molar-refractivity contribution in [3.05, 3.63) is 22.6 Å². The maximum Gasteiger partial charge on any atom is 0.131 e. The van der Waals surface area contributed by atoms with Gasteiger partial charge in [-0.2, -0.15) is 0 Å². The van der Waals surface area contributed by atoms with E-state index in [1.54, 1.807) is 6.26 Å². The van der Waals surface area contributed by atoms with E-state index in [1.165, 1.54) is 12.8 Å². The number of halogens is 1. The molecule has 1 aromatic heterocycles. The van der Waals surface area contributed by atoms with Crippen molar-refractivity contribution in [2.45, 2.75) is 37.8 Å². The number of aliphatic hydroxyl groups is 1. The summed E-state index contributed by atoms with van der Waals surface area (Å²) in [7, 11) is 0. The number of aliphatic hydroxyl groups excluding tert-OH is 1. The van der Waals surface area contributed by atoms with Gasteiger partial charge in [-0.05, 0) is 34.8 Å². The first-order chi connectivity index (χ1) is 7.26. The van der Waals surface area contributed by atoms with Crippen LogP contribution in [0.25, 0.3) is 0 Å². The Kier molecular flexibility index (Phi) is 3.49. The maximum absolute atomic E-state index is 9.41. The number of hydrogen-bond acceptors (Lipinski definition) is 3. The minimum atomic E-state index is -0.0772. The van der Waals surface area contributed by atoms with Crippen LogP contribution < -0.4 is 5.32 Å². The lowest BCUT2D eigenvalue weighted by Crippen LogP contribution is -2.45. The van der Waals surface area contributed by atoms with Crippen molar-refractivity contribution < 1.29 is 9.52 Å². The summed E-state index contributed by atoms with van der Waals surface area (Å²) in [5.41, 5.74) is -0.0772. The summed E-state index contributed by atoms with van der Waals surface area (Å²) in [6, 6.07) is 1.89. The molecule has 1 aliphatic carbocycles. The monoisotopic (exact) mass is 273 g/mol. The Bertz CT molecular complexity index is 318. The molecule has 1 heterocycles. The molecule has 3 nitrogen and oxygen atoms in total. The van der Waals surface area contributed by atoms with Gasteiger partial charge in [0.25, 0.3) is 0 Å². The topological polar surface area (TPSA) is 45.4 Å². The van der Waals surface area contributed by atoms with Crippen LogP contribution in [-0.4, -0.2) is 17.3 Å². The van der Waals surface area contributed by atoms with E-state index in [-0.39, 0.29) is 12.1 Å². The summed E-state index contributed by atoms with van der Waals surface area (Å²) < 4.78 is 6.31. The zero-order chi connectivity index (χ0) is 10.7. The average molecular weight is 274 g/mol. The molecule has 1 aliphatic rings. The Hall–Kier alpha value is -0.320. The third-order valence-electron chi connectivity index (χ3n) is 3.18. The van der Waals surface area contributed by atoms with Crippen LogP contribution in [0.5, 0.6) is 0 Å². The zero-order valence-electron chi connectivity index (χ0n) is 8.63. The van der Waals surface area contributed by atoms with E-state index < -0.39 is 0 Å². The highest BCUT2D eigenvalue weighted by atomic mass is 79.9. The molecular formula is C11H16BrNO2. The Morgan fingerprint density at radius 1 is 1.47 bits per heavy atom. The Labute approximate surface area is 98.0 Å². The second kappa shape index (κ2) is 4.68. The predicted molar refractivity (Wildman–Crippen MR) is 61.5 cm³/mol. The van der Waals surface area contributed by atoms with Crippen molar-refractivity contribution >= 4 is 15.9 Å². The van der Waals surface area contributed by atoms with Gasteiger partial charge < -0.3 is 14.8 Å². The van der Waals surface area contributed by atoms with Gasteiger partial charge in [-0.1, -0.05) is 12.8 Å². The molecule has 0 aliphatic heterocycles. The van der Waals surface area contributed by atoms with Crippen LogP contribution >= 0.6 is 15.9 Å². The molecule has 1 fully saturated rings. The molecule has 84 valence electrons. The molecule has 0 bridgehead atoms. The van der Waals surface area contributed by atoms with Crippen LogP contribution in [0, 0.1) is 0 Å². The van der Waals surface area contributed by atoms with E-state index in [0.717, 1.165) is 23.1 Å². The largest absolute Gasteiger partial charge is 0.467 e. The molecule has 4 heteroatoms. The van der Waals surface area contributed by atoms with Gasteiger partial charge in [-0.15, -0.1) is 0 Å². The number of rotatable bonds is 4. The maximum atomic E-state index is 9.41. The van der Waals surface area contributed by atoms with Gasteiger partial charge in [0.15, 0.2) is 0 Å². The molecule has 1 saturated carbocycles. The van der Waals surface area contributed by atoms with E-state index in [4.69, 9.17) is 4.42 Å². The molecule has 1 aromatic rings. The fraction of sp³-hybridized carbons (Fsp3) is 0.636. The van der Waals surface area contributed by atoms with Crippen LogP contribution in [0.2, 0.25) is 0 Å². The van der Waals surface area contributed by atoms with Gasteiger partial charge in [0.2, 0.25) is 0 Å². The van der Waals surface area contributed by atoms with Crippen molar-refractivity contribution in [1.82, 2.24) is 5.32 Å². The second-order valence-electron chi connectivity index (χ2n) is 4.19. The van der Waals surface area contributed by atoms with Gasteiger partial charge in [-0.25, -0.2) is 0 Å². The molecule has 2 rings (SSSR count). The molecule has 0 atom stereocenters. The molecule has 0 aromatic carbocycles. The Morgan fingerprint density at radius 3 is 2.73 bits per heavy atom. The lowest BCUT2D eigenvalue weighted by Gasteiger charge is -2.27. The van der Waals surface area contributed by atoms with E-state index in [2.05, 4.69) is 21.2 Å². The van der Waals surface area contributed by atoms with Crippen molar-refractivity contribution in [3.8, 4) is 0 Å². The lowest BCUT2D eigenvalue weighted by atomic mass is 9.99. The van der Waals surface area contributed by atoms with Gasteiger partial charge >= 0.3 is 0 Å². The first-order valence-electron chi connectivity index (χ1n) is 5.33. The molecule has 0 amide bonds. The Morgan fingerprint density at radius 2 is 2.20 bits per heavy atom. The van der Waals surface area contributed by atoms with E-state index in [1.807, 2.05) is 6.07 Å². The normalized spacial score (nSPS) is 19.6. The van der Waals surface area contributed by atoms with E-state index >= 15 is 0 Å². The highest BCUT2D eigenvalue weighted by Gasteiger charge is 2.32. The number of nitrogens with one attached hydrogen (secondary N) is 1. The molecule has 2 N–H and O–H groups in total. The number of furan rings is 1. The van der Waals surface area contributed by atoms with Gasteiger partial charge in [0.05, 0.1) is 23.9 Å². The average Bonchev–Trinajstić information content (AvgIpc) is 2.85.